The topological polar surface area (TPSA) is 52.0 Å². The number of hydrogen-bond donors (Lipinski definition) is 2. The molecule has 138 valence electrons. The van der Waals surface area contributed by atoms with Crippen molar-refractivity contribution in [2.45, 2.75) is 18.9 Å². The van der Waals surface area contributed by atoms with Gasteiger partial charge in [-0.05, 0) is 36.4 Å². The Hall–Kier alpha value is -2.60. The lowest BCUT2D eigenvalue weighted by Crippen LogP contribution is -3.11. The summed E-state index contributed by atoms with van der Waals surface area (Å²) in [6.45, 7) is 1.23. The second-order valence-electron chi connectivity index (χ2n) is 6.45. The standard InChI is InChI=1S/C20H23FN2O3/c1-25-16-8-9-19(26-2)17(12-16)18-7-4-10-23(18)13-20(24)22-15-6-3-5-14(21)11-15/h3,5-6,8-9,11-12,18H,4,7,10,13H2,1-2H3,(H,22,24)/p+1/t18-/m1/s1. The van der Waals surface area contributed by atoms with Gasteiger partial charge in [-0.1, -0.05) is 6.07 Å². The molecule has 6 heteroatoms. The van der Waals surface area contributed by atoms with Crippen LogP contribution in [0.1, 0.15) is 24.4 Å². The van der Waals surface area contributed by atoms with Crippen LogP contribution in [0.4, 0.5) is 10.1 Å². The van der Waals surface area contributed by atoms with Gasteiger partial charge in [-0.25, -0.2) is 4.39 Å². The summed E-state index contributed by atoms with van der Waals surface area (Å²) >= 11 is 0. The molecule has 0 aliphatic carbocycles. The first-order valence-electron chi connectivity index (χ1n) is 8.72. The fourth-order valence-electron chi connectivity index (χ4n) is 3.59. The monoisotopic (exact) mass is 359 g/mol. The summed E-state index contributed by atoms with van der Waals surface area (Å²) in [6, 6.07) is 11.9. The van der Waals surface area contributed by atoms with Gasteiger partial charge in [-0.15, -0.1) is 0 Å². The fraction of sp³-hybridized carbons (Fsp3) is 0.350. The van der Waals surface area contributed by atoms with E-state index in [1.165, 1.54) is 17.0 Å². The normalized spacial score (nSPS) is 19.2. The van der Waals surface area contributed by atoms with Crippen molar-refractivity contribution < 1.29 is 23.6 Å². The van der Waals surface area contributed by atoms with Gasteiger partial charge in [0.25, 0.3) is 5.91 Å². The number of ether oxygens (including phenoxy) is 2. The second kappa shape index (κ2) is 8.19. The molecule has 3 rings (SSSR count). The first kappa shape index (κ1) is 18.2. The Morgan fingerprint density at radius 3 is 2.81 bits per heavy atom. The molecule has 1 amide bonds. The van der Waals surface area contributed by atoms with Crippen LogP contribution in [-0.4, -0.2) is 33.2 Å². The van der Waals surface area contributed by atoms with Crippen molar-refractivity contribution in [3.63, 3.8) is 0 Å². The van der Waals surface area contributed by atoms with Gasteiger partial charge in [-0.3, -0.25) is 4.79 Å². The van der Waals surface area contributed by atoms with Gasteiger partial charge < -0.3 is 19.7 Å². The Kier molecular flexibility index (Phi) is 5.73. The van der Waals surface area contributed by atoms with E-state index in [4.69, 9.17) is 9.47 Å². The molecule has 2 aromatic carbocycles. The number of carbonyl (C=O) groups excluding carboxylic acids is 1. The van der Waals surface area contributed by atoms with Crippen LogP contribution in [0.25, 0.3) is 0 Å². The molecule has 2 N–H and O–H groups in total. The minimum absolute atomic E-state index is 0.126. The molecular weight excluding hydrogens is 335 g/mol. The van der Waals surface area contributed by atoms with E-state index in [2.05, 4.69) is 5.32 Å². The average molecular weight is 359 g/mol. The van der Waals surface area contributed by atoms with E-state index in [-0.39, 0.29) is 17.8 Å². The molecule has 0 saturated carbocycles. The number of amides is 1. The highest BCUT2D eigenvalue weighted by molar-refractivity contribution is 5.91. The van der Waals surface area contributed by atoms with Crippen LogP contribution >= 0.6 is 0 Å². The molecule has 0 bridgehead atoms. The van der Waals surface area contributed by atoms with Gasteiger partial charge in [0.2, 0.25) is 0 Å². The molecule has 1 fully saturated rings. The zero-order valence-corrected chi connectivity index (χ0v) is 15.0. The smallest absolute Gasteiger partial charge is 0.279 e. The van der Waals surface area contributed by atoms with Gasteiger partial charge in [0.1, 0.15) is 23.4 Å². The number of rotatable bonds is 6. The Balaban J connectivity index is 1.73. The van der Waals surface area contributed by atoms with Crippen LogP contribution in [0.5, 0.6) is 11.5 Å². The van der Waals surface area contributed by atoms with Crippen molar-refractivity contribution in [2.24, 2.45) is 0 Å². The SMILES string of the molecule is COc1ccc(OC)c([C@H]2CCC[NH+]2CC(=O)Nc2cccc(F)c2)c1. The van der Waals surface area contributed by atoms with E-state index in [1.807, 2.05) is 18.2 Å². The maximum absolute atomic E-state index is 13.3. The molecule has 1 aliphatic heterocycles. The lowest BCUT2D eigenvalue weighted by Gasteiger charge is -2.23. The zero-order valence-electron chi connectivity index (χ0n) is 15.0. The summed E-state index contributed by atoms with van der Waals surface area (Å²) in [4.78, 5) is 13.6. The third kappa shape index (κ3) is 4.14. The maximum atomic E-state index is 13.3. The second-order valence-corrected chi connectivity index (χ2v) is 6.45. The fourth-order valence-corrected chi connectivity index (χ4v) is 3.59. The molecule has 5 nitrogen and oxygen atoms in total. The highest BCUT2D eigenvalue weighted by atomic mass is 19.1. The molecule has 1 unspecified atom stereocenters. The van der Waals surface area contributed by atoms with E-state index in [1.54, 1.807) is 26.4 Å². The number of benzene rings is 2. The van der Waals surface area contributed by atoms with Gasteiger partial charge in [0, 0.05) is 18.5 Å². The minimum atomic E-state index is -0.365. The van der Waals surface area contributed by atoms with E-state index in [0.29, 0.717) is 12.2 Å². The van der Waals surface area contributed by atoms with Gasteiger partial charge in [0.15, 0.2) is 6.54 Å². The number of anilines is 1. The number of carbonyl (C=O) groups is 1. The van der Waals surface area contributed by atoms with Crippen molar-refractivity contribution in [1.82, 2.24) is 0 Å². The first-order valence-corrected chi connectivity index (χ1v) is 8.72. The molecule has 1 aliphatic rings. The van der Waals surface area contributed by atoms with Crippen LogP contribution < -0.4 is 19.7 Å². The number of likely N-dealkylation sites (tertiary alicyclic amines) is 1. The molecular formula is C20H24FN2O3+. The predicted molar refractivity (Wildman–Crippen MR) is 97.2 cm³/mol. The van der Waals surface area contributed by atoms with Gasteiger partial charge in [-0.2, -0.15) is 0 Å². The summed E-state index contributed by atoms with van der Waals surface area (Å²) in [5, 5.41) is 2.78. The summed E-state index contributed by atoms with van der Waals surface area (Å²) in [5.41, 5.74) is 1.53. The number of halogens is 1. The molecule has 0 radical (unpaired) electrons. The number of nitrogens with one attached hydrogen (secondary N) is 2. The lowest BCUT2D eigenvalue weighted by atomic mass is 10.0. The van der Waals surface area contributed by atoms with Crippen molar-refractivity contribution in [3.05, 3.63) is 53.8 Å². The van der Waals surface area contributed by atoms with Crippen LogP contribution in [0, 0.1) is 5.82 Å². The minimum Gasteiger partial charge on any atom is -0.497 e. The number of hydrogen-bond acceptors (Lipinski definition) is 3. The Morgan fingerprint density at radius 2 is 2.08 bits per heavy atom. The predicted octanol–water partition coefficient (Wildman–Crippen LogP) is 2.20. The molecule has 2 aromatic rings. The molecule has 2 atom stereocenters. The summed E-state index contributed by atoms with van der Waals surface area (Å²) < 4.78 is 24.1. The zero-order chi connectivity index (χ0) is 18.5. The largest absolute Gasteiger partial charge is 0.497 e. The number of quaternary nitrogens is 1. The van der Waals surface area contributed by atoms with E-state index < -0.39 is 0 Å². The summed E-state index contributed by atoms with van der Waals surface area (Å²) in [6.07, 6.45) is 2.01. The molecule has 1 heterocycles. The average Bonchev–Trinajstić information content (AvgIpc) is 3.08. The molecule has 0 spiro atoms. The quantitative estimate of drug-likeness (QED) is 0.831. The summed E-state index contributed by atoms with van der Waals surface area (Å²) in [5.74, 6) is 1.09. The molecule has 26 heavy (non-hydrogen) atoms. The van der Waals surface area contributed by atoms with Crippen LogP contribution in [0.15, 0.2) is 42.5 Å². The van der Waals surface area contributed by atoms with Crippen LogP contribution in [-0.2, 0) is 4.79 Å². The molecule has 0 aromatic heterocycles. The first-order chi connectivity index (χ1) is 12.6. The third-order valence-electron chi connectivity index (χ3n) is 4.79. The number of methoxy groups -OCH3 is 2. The summed E-state index contributed by atoms with van der Waals surface area (Å²) in [7, 11) is 3.29. The lowest BCUT2D eigenvalue weighted by molar-refractivity contribution is -0.910. The van der Waals surface area contributed by atoms with Crippen molar-refractivity contribution in [2.75, 3.05) is 32.6 Å². The van der Waals surface area contributed by atoms with Crippen LogP contribution in [0.2, 0.25) is 0 Å². The maximum Gasteiger partial charge on any atom is 0.279 e. The van der Waals surface area contributed by atoms with E-state index in [0.717, 1.165) is 36.4 Å². The van der Waals surface area contributed by atoms with Gasteiger partial charge in [0.05, 0.1) is 26.3 Å². The van der Waals surface area contributed by atoms with E-state index >= 15 is 0 Å². The van der Waals surface area contributed by atoms with Crippen LogP contribution in [0.3, 0.4) is 0 Å². The van der Waals surface area contributed by atoms with Crippen molar-refractivity contribution >= 4 is 11.6 Å². The van der Waals surface area contributed by atoms with E-state index in [9.17, 15) is 9.18 Å². The van der Waals surface area contributed by atoms with Crippen molar-refractivity contribution in [1.29, 1.82) is 0 Å². The molecule has 1 saturated heterocycles. The Morgan fingerprint density at radius 1 is 1.23 bits per heavy atom. The highest BCUT2D eigenvalue weighted by Gasteiger charge is 2.34. The van der Waals surface area contributed by atoms with Crippen molar-refractivity contribution in [3.8, 4) is 11.5 Å². The third-order valence-corrected chi connectivity index (χ3v) is 4.79. The Bertz CT molecular complexity index is 781. The highest BCUT2D eigenvalue weighted by Crippen LogP contribution is 2.31. The Labute approximate surface area is 152 Å². The van der Waals surface area contributed by atoms with Gasteiger partial charge >= 0.3 is 0 Å².